The molecule has 0 aliphatic heterocycles. The topological polar surface area (TPSA) is 127 Å². The largest absolute Gasteiger partial charge is 0.480 e. The van der Waals surface area contributed by atoms with Crippen LogP contribution in [0.4, 0.5) is 5.69 Å². The molecule has 116 valence electrons. The second kappa shape index (κ2) is 6.90. The maximum Gasteiger partial charge on any atom is 0.326 e. The van der Waals surface area contributed by atoms with Gasteiger partial charge < -0.3 is 16.2 Å². The van der Waals surface area contributed by atoms with Crippen LogP contribution in [0, 0.1) is 0 Å². The van der Waals surface area contributed by atoms with Crippen molar-refractivity contribution >= 4 is 43.3 Å². The fourth-order valence-electron chi connectivity index (χ4n) is 1.50. The Morgan fingerprint density at radius 2 is 2.05 bits per heavy atom. The first-order chi connectivity index (χ1) is 9.60. The third-order valence-corrected chi connectivity index (χ3v) is 4.31. The summed E-state index contributed by atoms with van der Waals surface area (Å²) in [5.74, 6) is -2.23. The maximum atomic E-state index is 12.0. The van der Waals surface area contributed by atoms with Crippen LogP contribution in [0.1, 0.15) is 16.8 Å². The van der Waals surface area contributed by atoms with Crippen LogP contribution in [0.25, 0.3) is 0 Å². The number of halogens is 1. The number of nitrogens with one attached hydrogen (secondary N) is 1. The molecule has 1 aromatic rings. The van der Waals surface area contributed by atoms with Crippen molar-refractivity contribution < 1.29 is 23.1 Å². The maximum absolute atomic E-state index is 12.0. The summed E-state index contributed by atoms with van der Waals surface area (Å²) in [6.07, 6.45) is 0.806. The average molecular weight is 379 g/mol. The second-order valence-corrected chi connectivity index (χ2v) is 7.63. The highest BCUT2D eigenvalue weighted by Gasteiger charge is 2.22. The number of benzene rings is 1. The van der Waals surface area contributed by atoms with E-state index in [9.17, 15) is 18.0 Å². The predicted octanol–water partition coefficient (Wildman–Crippen LogP) is 0.649. The molecule has 1 rings (SSSR count). The molecule has 0 radical (unpaired) electrons. The summed E-state index contributed by atoms with van der Waals surface area (Å²) < 4.78 is 22.7. The molecule has 0 aliphatic carbocycles. The van der Waals surface area contributed by atoms with Gasteiger partial charge in [-0.2, -0.15) is 0 Å². The van der Waals surface area contributed by atoms with Crippen molar-refractivity contribution in [2.45, 2.75) is 12.5 Å². The number of carboxylic acid groups (broad SMARTS) is 1. The van der Waals surface area contributed by atoms with Gasteiger partial charge in [0, 0.05) is 22.0 Å². The number of hydrogen-bond acceptors (Lipinski definition) is 5. The number of hydrogen-bond donors (Lipinski definition) is 3. The van der Waals surface area contributed by atoms with Crippen LogP contribution in [0.15, 0.2) is 22.7 Å². The van der Waals surface area contributed by atoms with Gasteiger partial charge in [-0.3, -0.25) is 4.79 Å². The van der Waals surface area contributed by atoms with Crippen molar-refractivity contribution in [3.05, 3.63) is 28.2 Å². The number of nitrogen functional groups attached to an aromatic ring is 1. The van der Waals surface area contributed by atoms with Gasteiger partial charge in [-0.25, -0.2) is 13.2 Å². The van der Waals surface area contributed by atoms with Crippen molar-refractivity contribution in [3.8, 4) is 0 Å². The van der Waals surface area contributed by atoms with Crippen LogP contribution in [-0.4, -0.2) is 43.5 Å². The summed E-state index contributed by atoms with van der Waals surface area (Å²) in [6.45, 7) is 0. The molecule has 0 aliphatic rings. The van der Waals surface area contributed by atoms with Gasteiger partial charge in [0.15, 0.2) is 0 Å². The summed E-state index contributed by atoms with van der Waals surface area (Å²) in [5, 5.41) is 11.3. The van der Waals surface area contributed by atoms with Crippen LogP contribution >= 0.6 is 15.9 Å². The van der Waals surface area contributed by atoms with Crippen molar-refractivity contribution in [1.29, 1.82) is 0 Å². The fraction of sp³-hybridized carbons (Fsp3) is 0.333. The van der Waals surface area contributed by atoms with E-state index in [1.807, 2.05) is 0 Å². The minimum absolute atomic E-state index is 0.198. The number of amides is 1. The van der Waals surface area contributed by atoms with Gasteiger partial charge >= 0.3 is 5.97 Å². The van der Waals surface area contributed by atoms with Crippen LogP contribution in [-0.2, 0) is 14.6 Å². The molecule has 0 spiro atoms. The molecule has 0 saturated carbocycles. The molecule has 1 amide bonds. The molecule has 0 bridgehead atoms. The number of carboxylic acids is 1. The summed E-state index contributed by atoms with van der Waals surface area (Å²) >= 11 is 3.17. The molecule has 0 aromatic heterocycles. The van der Waals surface area contributed by atoms with Crippen LogP contribution in [0.3, 0.4) is 0 Å². The van der Waals surface area contributed by atoms with Gasteiger partial charge in [0.2, 0.25) is 0 Å². The third kappa shape index (κ3) is 5.72. The Kier molecular flexibility index (Phi) is 5.73. The molecule has 9 heteroatoms. The van der Waals surface area contributed by atoms with Crippen LogP contribution < -0.4 is 11.1 Å². The minimum Gasteiger partial charge on any atom is -0.480 e. The number of carbonyl (C=O) groups excluding carboxylic acids is 1. The highest BCUT2D eigenvalue weighted by atomic mass is 79.9. The summed E-state index contributed by atoms with van der Waals surface area (Å²) in [4.78, 5) is 23.0. The van der Waals surface area contributed by atoms with Crippen molar-refractivity contribution in [2.24, 2.45) is 0 Å². The fourth-order valence-corrected chi connectivity index (χ4v) is 2.54. The first-order valence-electron chi connectivity index (χ1n) is 5.86. The van der Waals surface area contributed by atoms with Gasteiger partial charge in [0.25, 0.3) is 5.91 Å². The van der Waals surface area contributed by atoms with E-state index in [0.717, 1.165) is 6.26 Å². The monoisotopic (exact) mass is 378 g/mol. The first-order valence-corrected chi connectivity index (χ1v) is 8.72. The number of rotatable bonds is 6. The van der Waals surface area contributed by atoms with Crippen LogP contribution in [0.2, 0.25) is 0 Å². The van der Waals surface area contributed by atoms with Crippen molar-refractivity contribution in [3.63, 3.8) is 0 Å². The Bertz CT molecular complexity index is 660. The lowest BCUT2D eigenvalue weighted by atomic mass is 10.1. The Morgan fingerprint density at radius 1 is 1.43 bits per heavy atom. The van der Waals surface area contributed by atoms with E-state index in [1.165, 1.54) is 18.2 Å². The third-order valence-electron chi connectivity index (χ3n) is 2.64. The minimum atomic E-state index is -3.30. The average Bonchev–Trinajstić information content (AvgIpc) is 2.36. The Labute approximate surface area is 130 Å². The van der Waals surface area contributed by atoms with Gasteiger partial charge in [-0.15, -0.1) is 0 Å². The molecule has 0 saturated heterocycles. The summed E-state index contributed by atoms with van der Waals surface area (Å²) in [6, 6.07) is 3.14. The lowest BCUT2D eigenvalue weighted by Gasteiger charge is -2.14. The number of carbonyl (C=O) groups is 2. The van der Waals surface area contributed by atoms with E-state index < -0.39 is 27.8 Å². The second-order valence-electron chi connectivity index (χ2n) is 4.52. The lowest BCUT2D eigenvalue weighted by Crippen LogP contribution is -2.41. The highest BCUT2D eigenvalue weighted by Crippen LogP contribution is 2.20. The number of nitrogens with two attached hydrogens (primary N) is 1. The van der Waals surface area contributed by atoms with E-state index in [0.29, 0.717) is 10.2 Å². The smallest absolute Gasteiger partial charge is 0.326 e. The van der Waals surface area contributed by atoms with Gasteiger partial charge in [0.05, 0.1) is 5.75 Å². The Balaban J connectivity index is 2.81. The molecule has 1 unspecified atom stereocenters. The van der Waals surface area contributed by atoms with E-state index in [2.05, 4.69) is 21.2 Å². The quantitative estimate of drug-likeness (QED) is 0.623. The lowest BCUT2D eigenvalue weighted by molar-refractivity contribution is -0.139. The predicted molar refractivity (Wildman–Crippen MR) is 81.8 cm³/mol. The van der Waals surface area contributed by atoms with E-state index >= 15 is 0 Å². The van der Waals surface area contributed by atoms with E-state index in [1.54, 1.807) is 0 Å². The molecule has 0 heterocycles. The van der Waals surface area contributed by atoms with E-state index in [-0.39, 0.29) is 17.7 Å². The molecule has 4 N–H and O–H groups in total. The van der Waals surface area contributed by atoms with Gasteiger partial charge in [-0.1, -0.05) is 0 Å². The molecule has 0 fully saturated rings. The van der Waals surface area contributed by atoms with Crippen molar-refractivity contribution in [1.82, 2.24) is 5.32 Å². The number of aliphatic carboxylic acids is 1. The molecular formula is C12H15BrN2O5S. The highest BCUT2D eigenvalue weighted by molar-refractivity contribution is 9.10. The summed E-state index contributed by atoms with van der Waals surface area (Å²) in [7, 11) is -3.30. The molecule has 7 nitrogen and oxygen atoms in total. The van der Waals surface area contributed by atoms with E-state index in [4.69, 9.17) is 10.8 Å². The normalized spacial score (nSPS) is 12.7. The zero-order chi connectivity index (χ0) is 16.2. The number of sulfone groups is 1. The molecule has 1 atom stereocenters. The zero-order valence-electron chi connectivity index (χ0n) is 11.2. The molecular weight excluding hydrogens is 364 g/mol. The Morgan fingerprint density at radius 3 is 2.52 bits per heavy atom. The van der Waals surface area contributed by atoms with Crippen LogP contribution in [0.5, 0.6) is 0 Å². The first kappa shape index (κ1) is 17.4. The zero-order valence-corrected chi connectivity index (χ0v) is 13.6. The molecule has 1 aromatic carbocycles. The van der Waals surface area contributed by atoms with Gasteiger partial charge in [0.1, 0.15) is 15.9 Å². The summed E-state index contributed by atoms with van der Waals surface area (Å²) in [5.41, 5.74) is 6.26. The van der Waals surface area contributed by atoms with Gasteiger partial charge in [-0.05, 0) is 40.5 Å². The Hall–Kier alpha value is -1.61. The van der Waals surface area contributed by atoms with Crippen molar-refractivity contribution in [2.75, 3.05) is 17.7 Å². The SMILES string of the molecule is CS(=O)(=O)CCC(NC(=O)c1ccc(N)c(Br)c1)C(=O)O. The standard InChI is InChI=1S/C12H15BrN2O5S/c1-21(19,20)5-4-10(12(17)18)15-11(16)7-2-3-9(14)8(13)6-7/h2-3,6,10H,4-5,14H2,1H3,(H,15,16)(H,17,18). The molecule has 21 heavy (non-hydrogen) atoms. The number of anilines is 1.